The van der Waals surface area contributed by atoms with Crippen molar-refractivity contribution in [2.75, 3.05) is 7.11 Å². The molecular formula is C9H11BO. The molecule has 0 saturated heterocycles. The Morgan fingerprint density at radius 1 is 1.45 bits per heavy atom. The Balaban J connectivity index is 3.02. The summed E-state index contributed by atoms with van der Waals surface area (Å²) < 4.78 is 5.06. The lowest BCUT2D eigenvalue weighted by atomic mass is 9.89. The SMILES string of the molecule is [B]c1ccc(OC)cc1CC. The van der Waals surface area contributed by atoms with E-state index in [4.69, 9.17) is 12.6 Å². The van der Waals surface area contributed by atoms with E-state index in [0.29, 0.717) is 0 Å². The molecule has 0 unspecified atom stereocenters. The quantitative estimate of drug-likeness (QED) is 0.566. The number of ether oxygens (including phenoxy) is 1. The van der Waals surface area contributed by atoms with Crippen LogP contribution in [0, 0.1) is 0 Å². The van der Waals surface area contributed by atoms with Gasteiger partial charge in [0.05, 0.1) is 7.11 Å². The van der Waals surface area contributed by atoms with Crippen LogP contribution >= 0.6 is 0 Å². The molecule has 56 valence electrons. The smallest absolute Gasteiger partial charge is 0.119 e. The van der Waals surface area contributed by atoms with Crippen LogP contribution in [-0.4, -0.2) is 15.0 Å². The molecule has 0 heterocycles. The molecule has 1 aromatic carbocycles. The fourth-order valence-corrected chi connectivity index (χ4v) is 1.02. The molecule has 0 bridgehead atoms. The fraction of sp³-hybridized carbons (Fsp3) is 0.333. The van der Waals surface area contributed by atoms with Crippen molar-refractivity contribution in [3.05, 3.63) is 23.8 Å². The summed E-state index contributed by atoms with van der Waals surface area (Å²) in [6.45, 7) is 2.07. The van der Waals surface area contributed by atoms with Gasteiger partial charge in [0.25, 0.3) is 0 Å². The van der Waals surface area contributed by atoms with Crippen molar-refractivity contribution in [3.8, 4) is 5.75 Å². The van der Waals surface area contributed by atoms with Gasteiger partial charge in [-0.2, -0.15) is 0 Å². The molecule has 2 heteroatoms. The molecule has 0 aliphatic heterocycles. The maximum atomic E-state index is 5.70. The Bertz CT molecular complexity index is 245. The number of aryl methyl sites for hydroxylation is 1. The molecule has 0 aliphatic rings. The largest absolute Gasteiger partial charge is 0.497 e. The van der Waals surface area contributed by atoms with Crippen molar-refractivity contribution in [1.29, 1.82) is 0 Å². The molecule has 0 saturated carbocycles. The Hall–Kier alpha value is -0.915. The summed E-state index contributed by atoms with van der Waals surface area (Å²) >= 11 is 0. The van der Waals surface area contributed by atoms with Crippen molar-refractivity contribution in [3.63, 3.8) is 0 Å². The molecular weight excluding hydrogens is 135 g/mol. The number of methoxy groups -OCH3 is 1. The summed E-state index contributed by atoms with van der Waals surface area (Å²) in [5.41, 5.74) is 1.98. The topological polar surface area (TPSA) is 9.23 Å². The van der Waals surface area contributed by atoms with Gasteiger partial charge in [-0.15, -0.1) is 0 Å². The highest BCUT2D eigenvalue weighted by Gasteiger charge is 1.96. The molecule has 0 aliphatic carbocycles. The molecule has 0 amide bonds. The zero-order chi connectivity index (χ0) is 8.27. The maximum Gasteiger partial charge on any atom is 0.119 e. The predicted molar refractivity (Wildman–Crippen MR) is 47.8 cm³/mol. The number of rotatable bonds is 2. The standard InChI is InChI=1S/C9H11BO/c1-3-7-6-8(11-2)4-5-9(7)10/h4-6H,3H2,1-2H3. The number of benzene rings is 1. The van der Waals surface area contributed by atoms with E-state index in [2.05, 4.69) is 6.92 Å². The molecule has 1 nitrogen and oxygen atoms in total. The van der Waals surface area contributed by atoms with Crippen LogP contribution in [0.2, 0.25) is 0 Å². The van der Waals surface area contributed by atoms with Crippen LogP contribution in [0.15, 0.2) is 18.2 Å². The van der Waals surface area contributed by atoms with Crippen LogP contribution in [0.4, 0.5) is 0 Å². The molecule has 0 fully saturated rings. The molecule has 1 rings (SSSR count). The molecule has 0 N–H and O–H groups in total. The van der Waals surface area contributed by atoms with Gasteiger partial charge in [-0.3, -0.25) is 0 Å². The van der Waals surface area contributed by atoms with Gasteiger partial charge in [-0.25, -0.2) is 0 Å². The fourth-order valence-electron chi connectivity index (χ4n) is 1.02. The second-order valence-corrected chi connectivity index (χ2v) is 2.42. The van der Waals surface area contributed by atoms with E-state index in [0.717, 1.165) is 23.2 Å². The summed E-state index contributed by atoms with van der Waals surface area (Å²) in [6.07, 6.45) is 0.947. The van der Waals surface area contributed by atoms with Gasteiger partial charge in [0.15, 0.2) is 0 Å². The van der Waals surface area contributed by atoms with E-state index < -0.39 is 0 Å². The monoisotopic (exact) mass is 146 g/mol. The van der Waals surface area contributed by atoms with Gasteiger partial charge in [-0.05, 0) is 18.6 Å². The van der Waals surface area contributed by atoms with Crippen LogP contribution in [0.3, 0.4) is 0 Å². The first-order chi connectivity index (χ1) is 5.27. The van der Waals surface area contributed by atoms with E-state index in [9.17, 15) is 0 Å². The van der Waals surface area contributed by atoms with Crippen LogP contribution in [-0.2, 0) is 6.42 Å². The average Bonchev–Trinajstić information content (AvgIpc) is 2.05. The summed E-state index contributed by atoms with van der Waals surface area (Å²) in [7, 11) is 7.36. The lowest BCUT2D eigenvalue weighted by Crippen LogP contribution is -2.08. The lowest BCUT2D eigenvalue weighted by molar-refractivity contribution is 0.414. The van der Waals surface area contributed by atoms with E-state index >= 15 is 0 Å². The Morgan fingerprint density at radius 3 is 2.73 bits per heavy atom. The highest BCUT2D eigenvalue weighted by atomic mass is 16.5. The molecule has 0 atom stereocenters. The Kier molecular flexibility index (Phi) is 2.58. The van der Waals surface area contributed by atoms with Crippen LogP contribution in [0.25, 0.3) is 0 Å². The van der Waals surface area contributed by atoms with Gasteiger partial charge in [-0.1, -0.05) is 24.0 Å². The minimum absolute atomic E-state index is 0.841. The lowest BCUT2D eigenvalue weighted by Gasteiger charge is -2.05. The predicted octanol–water partition coefficient (Wildman–Crippen LogP) is 1.05. The second kappa shape index (κ2) is 3.47. The van der Waals surface area contributed by atoms with Crippen molar-refractivity contribution >= 4 is 13.3 Å². The average molecular weight is 146 g/mol. The summed E-state index contributed by atoms with van der Waals surface area (Å²) in [4.78, 5) is 0. The van der Waals surface area contributed by atoms with Gasteiger partial charge in [0.2, 0.25) is 0 Å². The molecule has 0 spiro atoms. The molecule has 0 aromatic heterocycles. The van der Waals surface area contributed by atoms with Gasteiger partial charge >= 0.3 is 0 Å². The summed E-state index contributed by atoms with van der Waals surface area (Å²) in [5.74, 6) is 0.871. The third kappa shape index (κ3) is 1.76. The normalized spacial score (nSPS) is 9.64. The summed E-state index contributed by atoms with van der Waals surface area (Å²) in [6, 6.07) is 5.71. The zero-order valence-corrected chi connectivity index (χ0v) is 6.92. The summed E-state index contributed by atoms with van der Waals surface area (Å²) in [5, 5.41) is 0. The van der Waals surface area contributed by atoms with E-state index in [1.165, 1.54) is 0 Å². The maximum absolute atomic E-state index is 5.70. The highest BCUT2D eigenvalue weighted by Crippen LogP contribution is 2.10. The first kappa shape index (κ1) is 8.18. The van der Waals surface area contributed by atoms with E-state index in [-0.39, 0.29) is 0 Å². The molecule has 1 aromatic rings. The zero-order valence-electron chi connectivity index (χ0n) is 6.92. The Labute approximate surface area is 68.8 Å². The third-order valence-corrected chi connectivity index (χ3v) is 1.73. The van der Waals surface area contributed by atoms with Crippen LogP contribution in [0.5, 0.6) is 5.75 Å². The second-order valence-electron chi connectivity index (χ2n) is 2.42. The van der Waals surface area contributed by atoms with Crippen molar-refractivity contribution in [2.45, 2.75) is 13.3 Å². The van der Waals surface area contributed by atoms with E-state index in [1.807, 2.05) is 18.2 Å². The van der Waals surface area contributed by atoms with Crippen molar-refractivity contribution in [2.24, 2.45) is 0 Å². The van der Waals surface area contributed by atoms with Gasteiger partial charge < -0.3 is 4.74 Å². The highest BCUT2D eigenvalue weighted by molar-refractivity contribution is 6.33. The number of hydrogen-bond donors (Lipinski definition) is 0. The van der Waals surface area contributed by atoms with Crippen molar-refractivity contribution < 1.29 is 4.74 Å². The molecule has 11 heavy (non-hydrogen) atoms. The van der Waals surface area contributed by atoms with E-state index in [1.54, 1.807) is 7.11 Å². The first-order valence-electron chi connectivity index (χ1n) is 3.70. The Morgan fingerprint density at radius 2 is 2.18 bits per heavy atom. The van der Waals surface area contributed by atoms with Gasteiger partial charge in [0.1, 0.15) is 13.6 Å². The van der Waals surface area contributed by atoms with Crippen molar-refractivity contribution in [1.82, 2.24) is 0 Å². The van der Waals surface area contributed by atoms with Crippen LogP contribution in [0.1, 0.15) is 12.5 Å². The number of hydrogen-bond acceptors (Lipinski definition) is 1. The molecule has 2 radical (unpaired) electrons. The third-order valence-electron chi connectivity index (χ3n) is 1.73. The minimum atomic E-state index is 0.841. The van der Waals surface area contributed by atoms with Crippen LogP contribution < -0.4 is 10.2 Å². The van der Waals surface area contributed by atoms with Gasteiger partial charge in [0, 0.05) is 0 Å². The minimum Gasteiger partial charge on any atom is -0.497 e. The first-order valence-corrected chi connectivity index (χ1v) is 3.70.